The average molecular weight is 400 g/mol. The number of nitrogens with zero attached hydrogens (tertiary/aromatic N) is 3. The summed E-state index contributed by atoms with van der Waals surface area (Å²) in [6, 6.07) is 8.89. The van der Waals surface area contributed by atoms with Gasteiger partial charge in [-0.05, 0) is 25.1 Å². The summed E-state index contributed by atoms with van der Waals surface area (Å²) in [4.78, 5) is 32.7. The van der Waals surface area contributed by atoms with Gasteiger partial charge in [0, 0.05) is 30.0 Å². The molecule has 3 heterocycles. The lowest BCUT2D eigenvalue weighted by Crippen LogP contribution is -2.12. The third-order valence-electron chi connectivity index (χ3n) is 3.84. The lowest BCUT2D eigenvalue weighted by atomic mass is 10.3. The van der Waals surface area contributed by atoms with Crippen LogP contribution >= 0.6 is 23.1 Å². The Morgan fingerprint density at radius 1 is 1.30 bits per heavy atom. The molecule has 1 aromatic carbocycles. The average Bonchev–Trinajstić information content (AvgIpc) is 3.22. The second-order valence-electron chi connectivity index (χ2n) is 5.94. The van der Waals surface area contributed by atoms with E-state index < -0.39 is 0 Å². The first-order valence-corrected chi connectivity index (χ1v) is 10.1. The predicted molar refractivity (Wildman–Crippen MR) is 107 cm³/mol. The smallest absolute Gasteiger partial charge is 0.287 e. The van der Waals surface area contributed by atoms with Gasteiger partial charge in [-0.1, -0.05) is 18.7 Å². The van der Waals surface area contributed by atoms with Crippen LogP contribution in [0.2, 0.25) is 0 Å². The monoisotopic (exact) mass is 400 g/mol. The van der Waals surface area contributed by atoms with Crippen LogP contribution in [0.3, 0.4) is 0 Å². The Morgan fingerprint density at radius 3 is 2.96 bits per heavy atom. The number of aryl methyl sites for hydroxylation is 1. The Hall–Kier alpha value is -2.65. The normalized spacial score (nSPS) is 11.3. The zero-order valence-electron chi connectivity index (χ0n) is 14.7. The number of carbonyl (C=O) groups excluding carboxylic acids is 1. The van der Waals surface area contributed by atoms with Crippen molar-refractivity contribution in [3.8, 4) is 0 Å². The van der Waals surface area contributed by atoms with Gasteiger partial charge in [0.25, 0.3) is 5.56 Å². The predicted octanol–water partition coefficient (Wildman–Crippen LogP) is 3.85. The molecule has 1 N–H and O–H groups in total. The van der Waals surface area contributed by atoms with Gasteiger partial charge in [0.1, 0.15) is 5.76 Å². The SMILES string of the molecule is CCC(=O)Nc1ccc2nc(SCc3cc(=O)n4oc(C)cc4n3)sc2c1. The molecule has 3 aromatic heterocycles. The van der Waals surface area contributed by atoms with E-state index in [-0.39, 0.29) is 11.5 Å². The number of benzene rings is 1. The van der Waals surface area contributed by atoms with Crippen molar-refractivity contribution in [3.05, 3.63) is 52.1 Å². The zero-order valence-corrected chi connectivity index (χ0v) is 16.3. The number of aromatic nitrogens is 3. The van der Waals surface area contributed by atoms with Crippen molar-refractivity contribution >= 4 is 50.6 Å². The fraction of sp³-hybridized carbons (Fsp3) is 0.222. The molecule has 0 saturated carbocycles. The molecule has 0 fully saturated rings. The Labute approximate surface area is 162 Å². The van der Waals surface area contributed by atoms with Crippen LogP contribution in [-0.4, -0.2) is 20.4 Å². The van der Waals surface area contributed by atoms with Crippen molar-refractivity contribution in [1.82, 2.24) is 14.5 Å². The number of thiazole rings is 1. The summed E-state index contributed by atoms with van der Waals surface area (Å²) in [6.07, 6.45) is 0.440. The van der Waals surface area contributed by atoms with Gasteiger partial charge in [-0.2, -0.15) is 0 Å². The molecule has 0 saturated heterocycles. The number of nitrogens with one attached hydrogen (secondary N) is 1. The lowest BCUT2D eigenvalue weighted by Gasteiger charge is -2.02. The van der Waals surface area contributed by atoms with Gasteiger partial charge in [0.05, 0.1) is 15.9 Å². The van der Waals surface area contributed by atoms with Crippen molar-refractivity contribution < 1.29 is 9.32 Å². The second kappa shape index (κ2) is 7.16. The van der Waals surface area contributed by atoms with E-state index in [0.29, 0.717) is 29.3 Å². The first-order chi connectivity index (χ1) is 13.0. The molecule has 1 amide bonds. The molecule has 0 radical (unpaired) electrons. The first kappa shape index (κ1) is 17.7. The zero-order chi connectivity index (χ0) is 19.0. The molecule has 9 heteroatoms. The lowest BCUT2D eigenvalue weighted by molar-refractivity contribution is -0.115. The van der Waals surface area contributed by atoms with Gasteiger partial charge in [0.2, 0.25) is 5.91 Å². The van der Waals surface area contributed by atoms with E-state index >= 15 is 0 Å². The van der Waals surface area contributed by atoms with Crippen LogP contribution in [0.5, 0.6) is 0 Å². The number of hydrogen-bond acceptors (Lipinski definition) is 7. The van der Waals surface area contributed by atoms with Crippen LogP contribution in [0.4, 0.5) is 5.69 Å². The molecule has 4 aromatic rings. The minimum absolute atomic E-state index is 0.0179. The Kier molecular flexibility index (Phi) is 4.71. The third-order valence-corrected chi connectivity index (χ3v) is 6.04. The van der Waals surface area contributed by atoms with Gasteiger partial charge < -0.3 is 9.84 Å². The van der Waals surface area contributed by atoms with E-state index in [1.807, 2.05) is 25.1 Å². The maximum Gasteiger partial charge on any atom is 0.287 e. The second-order valence-corrected chi connectivity index (χ2v) is 8.19. The van der Waals surface area contributed by atoms with Gasteiger partial charge >= 0.3 is 0 Å². The molecule has 4 rings (SSSR count). The molecule has 0 spiro atoms. The topological polar surface area (TPSA) is 89.5 Å². The van der Waals surface area contributed by atoms with Crippen molar-refractivity contribution in [1.29, 1.82) is 0 Å². The highest BCUT2D eigenvalue weighted by molar-refractivity contribution is 8.00. The van der Waals surface area contributed by atoms with Gasteiger partial charge in [-0.3, -0.25) is 9.59 Å². The number of amides is 1. The van der Waals surface area contributed by atoms with Crippen LogP contribution in [0.25, 0.3) is 15.9 Å². The highest BCUT2D eigenvalue weighted by Crippen LogP contribution is 2.32. The van der Waals surface area contributed by atoms with E-state index in [9.17, 15) is 9.59 Å². The molecule has 0 aliphatic heterocycles. The summed E-state index contributed by atoms with van der Waals surface area (Å²) in [6.45, 7) is 3.60. The van der Waals surface area contributed by atoms with Gasteiger partial charge in [-0.25, -0.2) is 9.97 Å². The van der Waals surface area contributed by atoms with E-state index in [4.69, 9.17) is 4.52 Å². The fourth-order valence-electron chi connectivity index (χ4n) is 2.58. The molecular weight excluding hydrogens is 384 g/mol. The third kappa shape index (κ3) is 3.74. The molecule has 0 unspecified atom stereocenters. The maximum atomic E-state index is 12.1. The van der Waals surface area contributed by atoms with Crippen molar-refractivity contribution in [2.24, 2.45) is 0 Å². The summed E-state index contributed by atoms with van der Waals surface area (Å²) in [5.41, 5.74) is 2.61. The Balaban J connectivity index is 1.53. The Bertz CT molecular complexity index is 1210. The number of hydrogen-bond donors (Lipinski definition) is 1. The minimum atomic E-state index is -0.232. The largest absolute Gasteiger partial charge is 0.375 e. The summed E-state index contributed by atoms with van der Waals surface area (Å²) < 4.78 is 8.37. The molecular formula is C18H16N4O3S2. The number of fused-ring (bicyclic) bond motifs is 2. The number of carbonyl (C=O) groups is 1. The maximum absolute atomic E-state index is 12.1. The highest BCUT2D eigenvalue weighted by atomic mass is 32.2. The van der Waals surface area contributed by atoms with Crippen molar-refractivity contribution in [3.63, 3.8) is 0 Å². The molecule has 138 valence electrons. The van der Waals surface area contributed by atoms with Crippen molar-refractivity contribution in [2.75, 3.05) is 5.32 Å². The summed E-state index contributed by atoms with van der Waals surface area (Å²) in [5.74, 6) is 1.16. The molecule has 0 aliphatic rings. The van der Waals surface area contributed by atoms with E-state index in [1.54, 1.807) is 24.3 Å². The fourth-order valence-corrected chi connectivity index (χ4v) is 4.58. The quantitative estimate of drug-likeness (QED) is 0.512. The first-order valence-electron chi connectivity index (χ1n) is 8.34. The van der Waals surface area contributed by atoms with E-state index in [1.165, 1.54) is 22.4 Å². The van der Waals surface area contributed by atoms with Crippen LogP contribution in [0.15, 0.2) is 44.0 Å². The summed E-state index contributed by atoms with van der Waals surface area (Å²) in [5, 5.41) is 2.85. The number of thioether (sulfide) groups is 1. The summed E-state index contributed by atoms with van der Waals surface area (Å²) in [7, 11) is 0. The minimum Gasteiger partial charge on any atom is -0.375 e. The van der Waals surface area contributed by atoms with Gasteiger partial charge in [0.15, 0.2) is 9.99 Å². The van der Waals surface area contributed by atoms with Crippen LogP contribution in [0.1, 0.15) is 24.8 Å². The van der Waals surface area contributed by atoms with E-state index in [0.717, 1.165) is 20.2 Å². The molecule has 0 aliphatic carbocycles. The van der Waals surface area contributed by atoms with Crippen LogP contribution in [-0.2, 0) is 10.5 Å². The Morgan fingerprint density at radius 2 is 2.15 bits per heavy atom. The van der Waals surface area contributed by atoms with Crippen LogP contribution in [0, 0.1) is 6.92 Å². The van der Waals surface area contributed by atoms with Crippen LogP contribution < -0.4 is 10.9 Å². The molecule has 27 heavy (non-hydrogen) atoms. The highest BCUT2D eigenvalue weighted by Gasteiger charge is 2.10. The summed E-state index contributed by atoms with van der Waals surface area (Å²) >= 11 is 3.07. The van der Waals surface area contributed by atoms with E-state index in [2.05, 4.69) is 15.3 Å². The van der Waals surface area contributed by atoms with Gasteiger partial charge in [-0.15, -0.1) is 15.9 Å². The molecule has 0 atom stereocenters. The number of rotatable bonds is 5. The molecule has 0 bridgehead atoms. The number of anilines is 1. The van der Waals surface area contributed by atoms with Crippen molar-refractivity contribution in [2.45, 2.75) is 30.4 Å². The standard InChI is InChI=1S/C18H16N4O3S2/c1-3-16(23)20-11-4-5-13-14(7-11)27-18(21-13)26-9-12-8-17(24)22-15(19-12)6-10(2)25-22/h4-8H,3,9H2,1-2H3,(H,20,23). The molecule has 7 nitrogen and oxygen atoms in total.